The van der Waals surface area contributed by atoms with Gasteiger partial charge in [-0.2, -0.15) is 0 Å². The second-order valence-corrected chi connectivity index (χ2v) is 8.55. The van der Waals surface area contributed by atoms with Gasteiger partial charge in [0.25, 0.3) is 0 Å². The van der Waals surface area contributed by atoms with Crippen molar-refractivity contribution >= 4 is 23.1 Å². The topological polar surface area (TPSA) is 72.5 Å². The van der Waals surface area contributed by atoms with Gasteiger partial charge in [-0.3, -0.25) is 9.98 Å². The summed E-state index contributed by atoms with van der Waals surface area (Å²) in [5, 5.41) is 3.83. The van der Waals surface area contributed by atoms with Crippen LogP contribution in [0.4, 0.5) is 18.9 Å². The Morgan fingerprint density at radius 3 is 2.80 bits per heavy atom. The molecule has 160 valence electrons. The minimum atomic E-state index is -3.48. The number of hydrogen-bond donors (Lipinski definition) is 2. The average Bonchev–Trinajstić information content (AvgIpc) is 3.04. The van der Waals surface area contributed by atoms with Gasteiger partial charge in [0.15, 0.2) is 0 Å². The number of fused-ring (bicyclic) bond motifs is 1. The van der Waals surface area contributed by atoms with Crippen molar-refractivity contribution in [2.24, 2.45) is 10.7 Å². The number of nitrogens with two attached hydrogens (primary N) is 1. The zero-order valence-electron chi connectivity index (χ0n) is 16.6. The molecule has 3 N–H and O–H groups in total. The molecule has 1 aliphatic heterocycles. The molecule has 0 bridgehead atoms. The zero-order chi connectivity index (χ0) is 21.7. The molecule has 4 rings (SSSR count). The van der Waals surface area contributed by atoms with Crippen molar-refractivity contribution in [1.82, 2.24) is 4.98 Å². The van der Waals surface area contributed by atoms with Crippen LogP contribution < -0.4 is 11.1 Å². The van der Waals surface area contributed by atoms with Crippen molar-refractivity contribution in [2.75, 3.05) is 11.9 Å². The van der Waals surface area contributed by atoms with Gasteiger partial charge in [-0.15, -0.1) is 0 Å². The van der Waals surface area contributed by atoms with Crippen molar-refractivity contribution in [3.05, 3.63) is 58.1 Å². The van der Waals surface area contributed by atoms with Gasteiger partial charge in [0.05, 0.1) is 16.8 Å². The quantitative estimate of drug-likeness (QED) is 0.721. The molecule has 0 amide bonds. The Labute approximate surface area is 177 Å². The fourth-order valence-electron chi connectivity index (χ4n) is 3.86. The Morgan fingerprint density at radius 1 is 1.27 bits per heavy atom. The Kier molecular flexibility index (Phi) is 5.18. The number of rotatable bonds is 3. The molecule has 5 nitrogen and oxygen atoms in total. The molecular formula is C21H22ClF3N4O. The van der Waals surface area contributed by atoms with Crippen LogP contribution >= 0.6 is 11.6 Å². The lowest BCUT2D eigenvalue weighted by Crippen LogP contribution is -2.48. The summed E-state index contributed by atoms with van der Waals surface area (Å²) >= 11 is 6.00. The van der Waals surface area contributed by atoms with Gasteiger partial charge in [0.1, 0.15) is 29.9 Å². The molecular weight excluding hydrogens is 417 g/mol. The highest BCUT2D eigenvalue weighted by Gasteiger charge is 2.56. The molecule has 1 aromatic heterocycles. The van der Waals surface area contributed by atoms with Crippen molar-refractivity contribution < 1.29 is 17.9 Å². The number of alkyl halides is 2. The number of aromatic nitrogens is 1. The number of benzene rings is 1. The van der Waals surface area contributed by atoms with Crippen LogP contribution in [-0.2, 0) is 11.2 Å². The van der Waals surface area contributed by atoms with Crippen LogP contribution in [0, 0.1) is 5.82 Å². The van der Waals surface area contributed by atoms with Crippen LogP contribution in [0.2, 0.25) is 5.02 Å². The lowest BCUT2D eigenvalue weighted by Gasteiger charge is -2.35. The molecule has 0 saturated heterocycles. The first-order chi connectivity index (χ1) is 14.1. The SMILES string of the molecule is CC1(C)OCC(N)=NC(c2cc(NC3CCc4cc(Cl)cnc43)ccc2F)C1(F)F. The molecule has 0 fully saturated rings. The standard InChI is InChI=1S/C21H22ClF3N4O/c1-20(2)21(24,25)19(29-17(26)10-30-20)14-8-13(4-5-15(14)23)28-16-6-3-11-7-12(22)9-27-18(11)16/h4-5,7-9,16,19,28H,3,6,10H2,1-2H3,(H2,26,29). The molecule has 1 aromatic carbocycles. The average molecular weight is 439 g/mol. The van der Waals surface area contributed by atoms with E-state index in [1.54, 1.807) is 6.20 Å². The summed E-state index contributed by atoms with van der Waals surface area (Å²) in [7, 11) is 0. The summed E-state index contributed by atoms with van der Waals surface area (Å²) < 4.78 is 50.3. The van der Waals surface area contributed by atoms with Gasteiger partial charge >= 0.3 is 5.92 Å². The third kappa shape index (κ3) is 3.63. The maximum atomic E-state index is 15.2. The summed E-state index contributed by atoms with van der Waals surface area (Å²) in [5.74, 6) is -4.36. The Hall–Kier alpha value is -2.32. The van der Waals surface area contributed by atoms with E-state index in [2.05, 4.69) is 15.3 Å². The first-order valence-electron chi connectivity index (χ1n) is 9.63. The highest BCUT2D eigenvalue weighted by Crippen LogP contribution is 2.47. The van der Waals surface area contributed by atoms with E-state index in [0.29, 0.717) is 10.7 Å². The summed E-state index contributed by atoms with van der Waals surface area (Å²) in [6.07, 6.45) is 3.13. The number of ether oxygens (including phenoxy) is 1. The Bertz CT molecular complexity index is 1010. The third-order valence-electron chi connectivity index (χ3n) is 5.65. The van der Waals surface area contributed by atoms with E-state index in [-0.39, 0.29) is 24.0 Å². The zero-order valence-corrected chi connectivity index (χ0v) is 17.3. The monoisotopic (exact) mass is 438 g/mol. The first kappa shape index (κ1) is 20.9. The van der Waals surface area contributed by atoms with Gasteiger partial charge in [-0.25, -0.2) is 13.2 Å². The van der Waals surface area contributed by atoms with Crippen molar-refractivity contribution in [1.29, 1.82) is 0 Å². The number of nitrogens with one attached hydrogen (secondary N) is 1. The predicted octanol–water partition coefficient (Wildman–Crippen LogP) is 4.82. The number of pyridine rings is 1. The molecule has 2 atom stereocenters. The number of hydrogen-bond acceptors (Lipinski definition) is 5. The number of halogens is 4. The Morgan fingerprint density at radius 2 is 2.03 bits per heavy atom. The second kappa shape index (κ2) is 7.42. The van der Waals surface area contributed by atoms with Crippen molar-refractivity contribution in [2.45, 2.75) is 50.3 Å². The lowest BCUT2D eigenvalue weighted by atomic mass is 9.89. The van der Waals surface area contributed by atoms with E-state index < -0.39 is 23.4 Å². The number of nitrogens with zero attached hydrogens (tertiary/aromatic N) is 2. The van der Waals surface area contributed by atoms with Gasteiger partial charge in [-0.1, -0.05) is 11.6 Å². The molecule has 0 saturated carbocycles. The minimum absolute atomic E-state index is 0.103. The number of amidine groups is 1. The molecule has 30 heavy (non-hydrogen) atoms. The van der Waals surface area contributed by atoms with Crippen LogP contribution in [0.3, 0.4) is 0 Å². The van der Waals surface area contributed by atoms with Crippen LogP contribution in [-0.4, -0.2) is 29.0 Å². The van der Waals surface area contributed by atoms with Crippen molar-refractivity contribution in [3.8, 4) is 0 Å². The highest BCUT2D eigenvalue weighted by atomic mass is 35.5. The summed E-state index contributed by atoms with van der Waals surface area (Å²) in [4.78, 5) is 8.29. The predicted molar refractivity (Wildman–Crippen MR) is 110 cm³/mol. The van der Waals surface area contributed by atoms with Gasteiger partial charge < -0.3 is 15.8 Å². The van der Waals surface area contributed by atoms with Gasteiger partial charge in [-0.05, 0) is 56.5 Å². The summed E-state index contributed by atoms with van der Waals surface area (Å²) in [6, 6.07) is 3.97. The van der Waals surface area contributed by atoms with Gasteiger partial charge in [0.2, 0.25) is 0 Å². The van der Waals surface area contributed by atoms with Crippen LogP contribution in [0.1, 0.15) is 49.2 Å². The molecule has 2 aromatic rings. The van der Waals surface area contributed by atoms with E-state index >= 15 is 8.78 Å². The largest absolute Gasteiger partial charge is 0.386 e. The summed E-state index contributed by atoms with van der Waals surface area (Å²) in [5.41, 5.74) is 5.99. The number of anilines is 1. The molecule has 0 spiro atoms. The Balaban J connectivity index is 1.68. The molecule has 2 heterocycles. The molecule has 0 radical (unpaired) electrons. The smallest absolute Gasteiger partial charge is 0.301 e. The summed E-state index contributed by atoms with van der Waals surface area (Å²) in [6.45, 7) is 2.26. The lowest BCUT2D eigenvalue weighted by molar-refractivity contribution is -0.191. The van der Waals surface area contributed by atoms with E-state index in [1.165, 1.54) is 26.0 Å². The molecule has 1 aliphatic carbocycles. The first-order valence-corrected chi connectivity index (χ1v) is 10.0. The van der Waals surface area contributed by atoms with E-state index in [9.17, 15) is 4.39 Å². The molecule has 2 unspecified atom stereocenters. The third-order valence-corrected chi connectivity index (χ3v) is 5.86. The van der Waals surface area contributed by atoms with E-state index in [4.69, 9.17) is 22.1 Å². The maximum Gasteiger partial charge on any atom is 0.301 e. The van der Waals surface area contributed by atoms with E-state index in [0.717, 1.165) is 30.2 Å². The molecule has 9 heteroatoms. The fourth-order valence-corrected chi connectivity index (χ4v) is 4.04. The number of aliphatic imine (C=N–C) groups is 1. The highest BCUT2D eigenvalue weighted by molar-refractivity contribution is 6.30. The normalized spacial score (nSPS) is 24.7. The second-order valence-electron chi connectivity index (χ2n) is 8.11. The van der Waals surface area contributed by atoms with Crippen LogP contribution in [0.5, 0.6) is 0 Å². The fraction of sp³-hybridized carbons (Fsp3) is 0.429. The minimum Gasteiger partial charge on any atom is -0.386 e. The number of aryl methyl sites for hydroxylation is 1. The van der Waals surface area contributed by atoms with Crippen molar-refractivity contribution in [3.63, 3.8) is 0 Å². The van der Waals surface area contributed by atoms with E-state index in [1.807, 2.05) is 6.07 Å². The van der Waals surface area contributed by atoms with Crippen LogP contribution in [0.15, 0.2) is 35.5 Å². The maximum absolute atomic E-state index is 15.2. The van der Waals surface area contributed by atoms with Gasteiger partial charge in [0, 0.05) is 17.4 Å². The van der Waals surface area contributed by atoms with Crippen LogP contribution in [0.25, 0.3) is 0 Å². The molecule has 2 aliphatic rings.